The summed E-state index contributed by atoms with van der Waals surface area (Å²) in [6.07, 6.45) is 6.69. The van der Waals surface area contributed by atoms with Crippen LogP contribution in [0, 0.1) is 10.8 Å². The van der Waals surface area contributed by atoms with Crippen LogP contribution < -0.4 is 5.32 Å². The Labute approximate surface area is 216 Å². The lowest BCUT2D eigenvalue weighted by atomic mass is 9.44. The van der Waals surface area contributed by atoms with E-state index in [1.54, 1.807) is 13.0 Å². The van der Waals surface area contributed by atoms with Crippen LogP contribution in [0.5, 0.6) is 0 Å². The molecule has 2 saturated carbocycles. The van der Waals surface area contributed by atoms with Gasteiger partial charge in [-0.2, -0.15) is 0 Å². The highest BCUT2D eigenvalue weighted by molar-refractivity contribution is 5.98. The molecule has 2 aromatic rings. The quantitative estimate of drug-likeness (QED) is 0.559. The average molecular weight is 499 g/mol. The molecule has 1 heterocycles. The number of rotatable bonds is 6. The van der Waals surface area contributed by atoms with Crippen molar-refractivity contribution in [2.24, 2.45) is 10.8 Å². The molecular weight excluding hydrogens is 467 g/mol. The number of benzene rings is 2. The number of nitrogens with one attached hydrogen (secondary N) is 1. The van der Waals surface area contributed by atoms with E-state index in [1.807, 2.05) is 24.3 Å². The maximum absolute atomic E-state index is 14.8. The van der Waals surface area contributed by atoms with Gasteiger partial charge < -0.3 is 15.3 Å². The standard InChI is InChI=1S/C31H31FN2O3/c1-30(29(36)37)18-31(19-30)15-23(16-31)33-28(35)25-11-12-26(32)24-13-14-34(27(24)25)17-20-7-9-22(10-8-20)21-5-3-2-4-6-21/h2-13,23,26H,14-19H2,1H3,(H,33,35)(H,36,37). The number of carboxylic acid groups (broad SMARTS) is 1. The van der Waals surface area contributed by atoms with Gasteiger partial charge >= 0.3 is 5.97 Å². The first-order valence-corrected chi connectivity index (χ1v) is 13.0. The van der Waals surface area contributed by atoms with E-state index >= 15 is 0 Å². The Morgan fingerprint density at radius 2 is 1.73 bits per heavy atom. The highest BCUT2D eigenvalue weighted by Crippen LogP contribution is 2.64. The number of carbonyl (C=O) groups excluding carboxylic acids is 1. The smallest absolute Gasteiger partial charge is 0.309 e. The number of carboxylic acids is 1. The molecule has 190 valence electrons. The molecule has 2 aromatic carbocycles. The van der Waals surface area contributed by atoms with Crippen LogP contribution >= 0.6 is 0 Å². The molecular formula is C31H31FN2O3. The molecule has 1 spiro atoms. The number of nitrogens with zero attached hydrogens (tertiary/aromatic N) is 1. The fourth-order valence-electron chi connectivity index (χ4n) is 6.89. The molecule has 0 bridgehead atoms. The minimum absolute atomic E-state index is 0.0308. The second-order valence-electron chi connectivity index (χ2n) is 11.4. The summed E-state index contributed by atoms with van der Waals surface area (Å²) in [5, 5.41) is 12.5. The number of halogens is 1. The summed E-state index contributed by atoms with van der Waals surface area (Å²) in [7, 11) is 0. The van der Waals surface area contributed by atoms with Gasteiger partial charge in [0.15, 0.2) is 0 Å². The zero-order chi connectivity index (χ0) is 25.8. The van der Waals surface area contributed by atoms with Gasteiger partial charge in [0.25, 0.3) is 5.91 Å². The number of aliphatic carboxylic acids is 1. The third-order valence-electron chi connectivity index (χ3n) is 8.53. The molecule has 1 aliphatic heterocycles. The minimum Gasteiger partial charge on any atom is -0.481 e. The fourth-order valence-corrected chi connectivity index (χ4v) is 6.89. The molecule has 5 nitrogen and oxygen atoms in total. The number of alkyl halides is 1. The molecule has 2 fully saturated rings. The predicted molar refractivity (Wildman–Crippen MR) is 140 cm³/mol. The van der Waals surface area contributed by atoms with Crippen LogP contribution in [0.2, 0.25) is 0 Å². The minimum atomic E-state index is -1.22. The van der Waals surface area contributed by atoms with Crippen molar-refractivity contribution in [1.82, 2.24) is 10.2 Å². The van der Waals surface area contributed by atoms with E-state index in [4.69, 9.17) is 0 Å². The summed E-state index contributed by atoms with van der Waals surface area (Å²) in [5.74, 6) is -0.920. The lowest BCUT2D eigenvalue weighted by Gasteiger charge is -2.61. The Hall–Kier alpha value is -3.67. The zero-order valence-electron chi connectivity index (χ0n) is 20.9. The van der Waals surface area contributed by atoms with Gasteiger partial charge in [-0.15, -0.1) is 0 Å². The number of allylic oxidation sites excluding steroid dienone is 2. The number of amides is 1. The number of hydrogen-bond acceptors (Lipinski definition) is 3. The molecule has 37 heavy (non-hydrogen) atoms. The van der Waals surface area contributed by atoms with Crippen LogP contribution in [0.4, 0.5) is 4.39 Å². The second kappa shape index (κ2) is 8.72. The van der Waals surface area contributed by atoms with Gasteiger partial charge in [0.05, 0.1) is 16.7 Å². The summed E-state index contributed by atoms with van der Waals surface area (Å²) in [6, 6.07) is 18.6. The number of carbonyl (C=O) groups is 2. The van der Waals surface area contributed by atoms with Crippen LogP contribution in [0.25, 0.3) is 11.1 Å². The van der Waals surface area contributed by atoms with Crippen molar-refractivity contribution >= 4 is 11.9 Å². The third-order valence-corrected chi connectivity index (χ3v) is 8.53. The van der Waals surface area contributed by atoms with E-state index in [0.29, 0.717) is 42.8 Å². The van der Waals surface area contributed by atoms with Gasteiger partial charge in [0, 0.05) is 24.7 Å². The molecule has 4 aliphatic rings. The van der Waals surface area contributed by atoms with Crippen LogP contribution in [0.15, 0.2) is 89.7 Å². The Bertz CT molecular complexity index is 1330. The van der Waals surface area contributed by atoms with Crippen LogP contribution in [-0.2, 0) is 16.1 Å². The maximum atomic E-state index is 14.8. The van der Waals surface area contributed by atoms with Gasteiger partial charge in [-0.05, 0) is 66.9 Å². The van der Waals surface area contributed by atoms with Crippen LogP contribution in [0.1, 0.15) is 38.2 Å². The first-order valence-electron chi connectivity index (χ1n) is 13.0. The topological polar surface area (TPSA) is 69.6 Å². The molecule has 0 radical (unpaired) electrons. The van der Waals surface area contributed by atoms with E-state index in [-0.39, 0.29) is 17.4 Å². The molecule has 1 unspecified atom stereocenters. The monoisotopic (exact) mass is 498 g/mol. The Morgan fingerprint density at radius 3 is 2.41 bits per heavy atom. The summed E-state index contributed by atoms with van der Waals surface area (Å²) < 4.78 is 14.8. The Kier molecular flexibility index (Phi) is 5.59. The van der Waals surface area contributed by atoms with E-state index in [2.05, 4.69) is 46.6 Å². The lowest BCUT2D eigenvalue weighted by molar-refractivity contribution is -0.174. The van der Waals surface area contributed by atoms with Crippen molar-refractivity contribution in [3.63, 3.8) is 0 Å². The van der Waals surface area contributed by atoms with Crippen molar-refractivity contribution in [3.05, 3.63) is 95.2 Å². The molecule has 6 rings (SSSR count). The summed E-state index contributed by atoms with van der Waals surface area (Å²) in [6.45, 7) is 2.95. The number of hydrogen-bond donors (Lipinski definition) is 2. The largest absolute Gasteiger partial charge is 0.481 e. The van der Waals surface area contributed by atoms with Gasteiger partial charge in [0.2, 0.25) is 0 Å². The first kappa shape index (κ1) is 23.7. The molecule has 6 heteroatoms. The van der Waals surface area contributed by atoms with E-state index in [0.717, 1.165) is 29.5 Å². The molecule has 3 aliphatic carbocycles. The molecule has 1 atom stereocenters. The Balaban J connectivity index is 1.15. The van der Waals surface area contributed by atoms with Gasteiger partial charge in [-0.1, -0.05) is 60.7 Å². The second-order valence-corrected chi connectivity index (χ2v) is 11.4. The van der Waals surface area contributed by atoms with E-state index in [9.17, 15) is 19.1 Å². The normalized spacial score (nSPS) is 29.9. The zero-order valence-corrected chi connectivity index (χ0v) is 20.9. The van der Waals surface area contributed by atoms with Crippen molar-refractivity contribution < 1.29 is 19.1 Å². The van der Waals surface area contributed by atoms with Crippen molar-refractivity contribution in [2.45, 2.75) is 51.4 Å². The van der Waals surface area contributed by atoms with Gasteiger partial charge in [-0.25, -0.2) is 4.39 Å². The lowest BCUT2D eigenvalue weighted by Crippen LogP contribution is -2.61. The van der Waals surface area contributed by atoms with Crippen LogP contribution in [-0.4, -0.2) is 40.6 Å². The molecule has 0 aromatic heterocycles. The van der Waals surface area contributed by atoms with Crippen molar-refractivity contribution in [1.29, 1.82) is 0 Å². The summed E-state index contributed by atoms with van der Waals surface area (Å²) in [4.78, 5) is 26.8. The summed E-state index contributed by atoms with van der Waals surface area (Å²) >= 11 is 0. The van der Waals surface area contributed by atoms with E-state index in [1.165, 1.54) is 6.08 Å². The van der Waals surface area contributed by atoms with E-state index < -0.39 is 17.6 Å². The first-order chi connectivity index (χ1) is 17.8. The van der Waals surface area contributed by atoms with Gasteiger partial charge in [-0.3, -0.25) is 9.59 Å². The van der Waals surface area contributed by atoms with Crippen LogP contribution in [0.3, 0.4) is 0 Å². The number of fused-ring (bicyclic) bond motifs is 1. The highest BCUT2D eigenvalue weighted by Gasteiger charge is 2.61. The SMILES string of the molecule is CC1(C(=O)O)CC2(CC(NC(=O)C3=C4C(=CCN4Cc4ccc(-c5ccccc5)cc4)C(F)C=C3)C2)C1. The molecule has 1 amide bonds. The highest BCUT2D eigenvalue weighted by atomic mass is 19.1. The van der Waals surface area contributed by atoms with Crippen molar-refractivity contribution in [3.8, 4) is 11.1 Å². The Morgan fingerprint density at radius 1 is 1.05 bits per heavy atom. The average Bonchev–Trinajstić information content (AvgIpc) is 3.27. The third kappa shape index (κ3) is 4.18. The fraction of sp³-hybridized carbons (Fsp3) is 0.355. The van der Waals surface area contributed by atoms with Crippen molar-refractivity contribution in [2.75, 3.05) is 6.54 Å². The molecule has 2 N–H and O–H groups in total. The summed E-state index contributed by atoms with van der Waals surface area (Å²) in [5.41, 5.74) is 4.55. The van der Waals surface area contributed by atoms with Gasteiger partial charge in [0.1, 0.15) is 6.17 Å². The molecule has 0 saturated heterocycles. The predicted octanol–water partition coefficient (Wildman–Crippen LogP) is 5.41. The maximum Gasteiger partial charge on any atom is 0.309 e.